The Morgan fingerprint density at radius 1 is 1.07 bits per heavy atom. The summed E-state index contributed by atoms with van der Waals surface area (Å²) in [6.07, 6.45) is 0. The molecule has 7 heteroatoms. The van der Waals surface area contributed by atoms with Crippen LogP contribution in [0.15, 0.2) is 34.8 Å². The van der Waals surface area contributed by atoms with Crippen molar-refractivity contribution in [3.8, 4) is 11.5 Å². The fourth-order valence-corrected chi connectivity index (χ4v) is 3.53. The number of nitrogens with one attached hydrogen (secondary N) is 1. The van der Waals surface area contributed by atoms with E-state index >= 15 is 0 Å². The maximum atomic E-state index is 12.6. The molecule has 0 atom stereocenters. The quantitative estimate of drug-likeness (QED) is 0.689. The summed E-state index contributed by atoms with van der Waals surface area (Å²) >= 11 is 3.49. The van der Waals surface area contributed by atoms with E-state index < -0.39 is 0 Å². The number of carbonyl (C=O) groups excluding carboxylic acids is 1. The van der Waals surface area contributed by atoms with E-state index in [1.165, 1.54) is 0 Å². The van der Waals surface area contributed by atoms with Gasteiger partial charge in [-0.25, -0.2) is 9.97 Å². The van der Waals surface area contributed by atoms with Crippen molar-refractivity contribution >= 4 is 32.9 Å². The molecule has 0 unspecified atom stereocenters. The molecule has 0 bridgehead atoms. The van der Waals surface area contributed by atoms with Crippen LogP contribution in [0.3, 0.4) is 0 Å². The van der Waals surface area contributed by atoms with E-state index in [4.69, 9.17) is 9.47 Å². The van der Waals surface area contributed by atoms with Gasteiger partial charge in [0.1, 0.15) is 13.2 Å². The predicted octanol–water partition coefficient (Wildman–Crippen LogP) is 3.71. The molecule has 138 valence electrons. The second-order valence-electron chi connectivity index (χ2n) is 6.38. The summed E-state index contributed by atoms with van der Waals surface area (Å²) in [5, 5.41) is 2.94. The van der Waals surface area contributed by atoms with Crippen molar-refractivity contribution < 1.29 is 14.3 Å². The van der Waals surface area contributed by atoms with Gasteiger partial charge in [0.2, 0.25) is 0 Å². The fourth-order valence-electron chi connectivity index (χ4n) is 2.92. The number of hydrogen-bond acceptors (Lipinski definition) is 5. The minimum atomic E-state index is -0.164. The van der Waals surface area contributed by atoms with Gasteiger partial charge in [-0.15, -0.1) is 0 Å². The van der Waals surface area contributed by atoms with Crippen LogP contribution in [0.1, 0.15) is 27.3 Å². The van der Waals surface area contributed by atoms with Gasteiger partial charge >= 0.3 is 0 Å². The minimum Gasteiger partial charge on any atom is -0.486 e. The second-order valence-corrected chi connectivity index (χ2v) is 7.24. The molecule has 1 aliphatic rings. The van der Waals surface area contributed by atoms with Crippen LogP contribution >= 0.6 is 15.9 Å². The van der Waals surface area contributed by atoms with Gasteiger partial charge in [-0.1, -0.05) is 0 Å². The van der Waals surface area contributed by atoms with Crippen LogP contribution < -0.4 is 14.8 Å². The van der Waals surface area contributed by atoms with Crippen LogP contribution in [0.25, 0.3) is 11.0 Å². The van der Waals surface area contributed by atoms with E-state index in [1.807, 2.05) is 32.0 Å². The molecule has 1 N–H and O–H groups in total. The SMILES string of the molecule is Cc1nc2ccc(C(=O)NCc3cc(Br)c4c(c3)OCCO4)cc2nc1C. The zero-order valence-electron chi connectivity index (χ0n) is 15.0. The third-order valence-electron chi connectivity index (χ3n) is 4.45. The minimum absolute atomic E-state index is 0.164. The Kier molecular flexibility index (Phi) is 4.70. The van der Waals surface area contributed by atoms with Gasteiger partial charge in [0.15, 0.2) is 11.5 Å². The van der Waals surface area contributed by atoms with Crippen LogP contribution in [0, 0.1) is 13.8 Å². The predicted molar refractivity (Wildman–Crippen MR) is 105 cm³/mol. The number of nitrogens with zero attached hydrogens (tertiary/aromatic N) is 2. The normalized spacial score (nSPS) is 12.9. The number of carbonyl (C=O) groups is 1. The highest BCUT2D eigenvalue weighted by molar-refractivity contribution is 9.10. The summed E-state index contributed by atoms with van der Waals surface area (Å²) in [5.74, 6) is 1.23. The van der Waals surface area contributed by atoms with Crippen LogP contribution in [0.5, 0.6) is 11.5 Å². The largest absolute Gasteiger partial charge is 0.486 e. The number of ether oxygens (including phenoxy) is 2. The van der Waals surface area contributed by atoms with Gasteiger partial charge in [0.05, 0.1) is 26.9 Å². The second kappa shape index (κ2) is 7.15. The molecule has 1 aliphatic heterocycles. The third-order valence-corrected chi connectivity index (χ3v) is 5.04. The van der Waals surface area contributed by atoms with E-state index in [2.05, 4.69) is 31.2 Å². The number of benzene rings is 2. The Hall–Kier alpha value is -2.67. The third kappa shape index (κ3) is 3.60. The maximum Gasteiger partial charge on any atom is 0.251 e. The number of hydrogen-bond donors (Lipinski definition) is 1. The summed E-state index contributed by atoms with van der Waals surface area (Å²) in [5.41, 5.74) is 4.73. The number of halogens is 1. The van der Waals surface area contributed by atoms with Crippen molar-refractivity contribution in [1.82, 2.24) is 15.3 Å². The molecule has 1 amide bonds. The lowest BCUT2D eigenvalue weighted by atomic mass is 10.1. The van der Waals surface area contributed by atoms with Crippen molar-refractivity contribution in [2.75, 3.05) is 13.2 Å². The Labute approximate surface area is 165 Å². The smallest absolute Gasteiger partial charge is 0.251 e. The van der Waals surface area contributed by atoms with Gasteiger partial charge in [-0.05, 0) is 65.7 Å². The highest BCUT2D eigenvalue weighted by Gasteiger charge is 2.17. The molecule has 4 rings (SSSR count). The molecule has 3 aromatic rings. The fraction of sp³-hybridized carbons (Fsp3) is 0.250. The summed E-state index contributed by atoms with van der Waals surface area (Å²) in [6, 6.07) is 9.17. The molecule has 2 aromatic carbocycles. The van der Waals surface area contributed by atoms with E-state index in [9.17, 15) is 4.79 Å². The molecule has 0 fully saturated rings. The Morgan fingerprint density at radius 3 is 2.63 bits per heavy atom. The van der Waals surface area contributed by atoms with Gasteiger partial charge in [0, 0.05) is 12.1 Å². The Morgan fingerprint density at radius 2 is 1.81 bits per heavy atom. The van der Waals surface area contributed by atoms with Gasteiger partial charge < -0.3 is 14.8 Å². The molecule has 0 radical (unpaired) electrons. The number of aromatic nitrogens is 2. The van der Waals surface area contributed by atoms with Gasteiger partial charge in [-0.3, -0.25) is 4.79 Å². The lowest BCUT2D eigenvalue weighted by molar-refractivity contribution is 0.0951. The van der Waals surface area contributed by atoms with Crippen molar-refractivity contribution in [2.45, 2.75) is 20.4 Å². The van der Waals surface area contributed by atoms with E-state index in [1.54, 1.807) is 12.1 Å². The first-order valence-electron chi connectivity index (χ1n) is 8.62. The summed E-state index contributed by atoms with van der Waals surface area (Å²) in [7, 11) is 0. The lowest BCUT2D eigenvalue weighted by Crippen LogP contribution is -2.23. The topological polar surface area (TPSA) is 73.3 Å². The molecular formula is C20H18BrN3O3. The molecule has 27 heavy (non-hydrogen) atoms. The Balaban J connectivity index is 1.52. The molecular weight excluding hydrogens is 410 g/mol. The van der Waals surface area contributed by atoms with Crippen molar-refractivity contribution in [3.63, 3.8) is 0 Å². The standard InChI is InChI=1S/C20H18BrN3O3/c1-11-12(2)24-17-9-14(3-4-16(17)23-11)20(25)22-10-13-7-15(21)19-18(8-13)26-5-6-27-19/h3-4,7-9H,5-6,10H2,1-2H3,(H,22,25). The molecule has 0 saturated heterocycles. The van der Waals surface area contributed by atoms with Gasteiger partial charge in [-0.2, -0.15) is 0 Å². The number of rotatable bonds is 3. The monoisotopic (exact) mass is 427 g/mol. The Bertz CT molecular complexity index is 1050. The molecule has 6 nitrogen and oxygen atoms in total. The van der Waals surface area contributed by atoms with E-state index in [0.29, 0.717) is 42.3 Å². The van der Waals surface area contributed by atoms with Crippen LogP contribution in [0.4, 0.5) is 0 Å². The molecule has 1 aromatic heterocycles. The summed E-state index contributed by atoms with van der Waals surface area (Å²) in [6.45, 7) is 5.27. The number of aryl methyl sites for hydroxylation is 2. The van der Waals surface area contributed by atoms with Crippen LogP contribution in [0.2, 0.25) is 0 Å². The summed E-state index contributed by atoms with van der Waals surface area (Å²) in [4.78, 5) is 21.6. The first-order valence-corrected chi connectivity index (χ1v) is 9.42. The highest BCUT2D eigenvalue weighted by Crippen LogP contribution is 2.38. The van der Waals surface area contributed by atoms with Gasteiger partial charge in [0.25, 0.3) is 5.91 Å². The summed E-state index contributed by atoms with van der Waals surface area (Å²) < 4.78 is 12.0. The maximum absolute atomic E-state index is 12.6. The zero-order valence-corrected chi connectivity index (χ0v) is 16.6. The van der Waals surface area contributed by atoms with E-state index in [-0.39, 0.29) is 5.91 Å². The average Bonchev–Trinajstić information content (AvgIpc) is 2.67. The lowest BCUT2D eigenvalue weighted by Gasteiger charge is -2.20. The van der Waals surface area contributed by atoms with Crippen molar-refractivity contribution in [3.05, 3.63) is 57.3 Å². The number of fused-ring (bicyclic) bond motifs is 2. The van der Waals surface area contributed by atoms with Crippen LogP contribution in [-0.4, -0.2) is 29.1 Å². The zero-order chi connectivity index (χ0) is 19.0. The molecule has 0 spiro atoms. The average molecular weight is 428 g/mol. The molecule has 2 heterocycles. The van der Waals surface area contributed by atoms with Crippen molar-refractivity contribution in [1.29, 1.82) is 0 Å². The first-order chi connectivity index (χ1) is 13.0. The highest BCUT2D eigenvalue weighted by atomic mass is 79.9. The number of amides is 1. The van der Waals surface area contributed by atoms with Crippen molar-refractivity contribution in [2.24, 2.45) is 0 Å². The van der Waals surface area contributed by atoms with E-state index in [0.717, 1.165) is 26.9 Å². The van der Waals surface area contributed by atoms with Crippen LogP contribution in [-0.2, 0) is 6.54 Å². The molecule has 0 saturated carbocycles. The molecule has 0 aliphatic carbocycles. The first kappa shape index (κ1) is 17.7.